The van der Waals surface area contributed by atoms with Crippen molar-refractivity contribution >= 4 is 22.5 Å². The Morgan fingerprint density at radius 1 is 1.03 bits per heavy atom. The van der Waals surface area contributed by atoms with Crippen molar-refractivity contribution in [3.63, 3.8) is 0 Å². The summed E-state index contributed by atoms with van der Waals surface area (Å²) in [5.74, 6) is 0.777. The minimum absolute atomic E-state index is 0.0204. The van der Waals surface area contributed by atoms with E-state index in [1.165, 1.54) is 0 Å². The molecule has 1 aliphatic heterocycles. The lowest BCUT2D eigenvalue weighted by Crippen LogP contribution is -2.36. The molecular formula is C25H27N7O. The van der Waals surface area contributed by atoms with Gasteiger partial charge in [0.15, 0.2) is 5.78 Å². The smallest absolute Gasteiger partial charge is 0.169 e. The number of fused-ring (bicyclic) bond motifs is 1. The van der Waals surface area contributed by atoms with Crippen molar-refractivity contribution in [2.24, 2.45) is 7.05 Å². The minimum Gasteiger partial charge on any atom is -0.367 e. The van der Waals surface area contributed by atoms with Crippen molar-refractivity contribution in [2.75, 3.05) is 25.5 Å². The zero-order chi connectivity index (χ0) is 22.8. The molecule has 1 N–H and O–H groups in total. The molecule has 1 saturated heterocycles. The second-order valence-corrected chi connectivity index (χ2v) is 8.75. The number of aryl methyl sites for hydroxylation is 1. The van der Waals surface area contributed by atoms with Crippen LogP contribution in [-0.4, -0.2) is 61.6 Å². The Balaban J connectivity index is 1.31. The summed E-state index contributed by atoms with van der Waals surface area (Å²) < 4.78 is 1.76. The van der Waals surface area contributed by atoms with Gasteiger partial charge in [-0.1, -0.05) is 0 Å². The molecule has 0 spiro atoms. The fraction of sp³-hybridized carbons (Fsp3) is 0.320. The average Bonchev–Trinajstić information content (AvgIpc) is 3.26. The number of hydrogen-bond donors (Lipinski definition) is 1. The molecule has 1 fully saturated rings. The second-order valence-electron chi connectivity index (χ2n) is 8.75. The van der Waals surface area contributed by atoms with Crippen LogP contribution in [-0.2, 0) is 13.5 Å². The lowest BCUT2D eigenvalue weighted by molar-refractivity contribution is 0.0992. The molecule has 4 aromatic rings. The molecule has 0 atom stereocenters. The maximum atomic E-state index is 13.0. The monoisotopic (exact) mass is 441 g/mol. The highest BCUT2D eigenvalue weighted by molar-refractivity contribution is 5.98. The first-order valence-corrected chi connectivity index (χ1v) is 11.2. The van der Waals surface area contributed by atoms with Crippen LogP contribution in [0.4, 0.5) is 5.82 Å². The number of likely N-dealkylation sites (tertiary alicyclic amines) is 1. The Bertz CT molecular complexity index is 1290. The molecule has 0 bridgehead atoms. The first-order valence-electron chi connectivity index (χ1n) is 11.2. The molecule has 0 aromatic carbocycles. The van der Waals surface area contributed by atoms with Crippen LogP contribution < -0.4 is 5.32 Å². The number of anilines is 1. The van der Waals surface area contributed by atoms with Crippen molar-refractivity contribution in [1.82, 2.24) is 29.6 Å². The third kappa shape index (κ3) is 4.90. The zero-order valence-corrected chi connectivity index (χ0v) is 18.9. The van der Waals surface area contributed by atoms with Crippen LogP contribution in [0.2, 0.25) is 0 Å². The van der Waals surface area contributed by atoms with Gasteiger partial charge < -0.3 is 10.2 Å². The van der Waals surface area contributed by atoms with Gasteiger partial charge in [-0.2, -0.15) is 5.10 Å². The zero-order valence-electron chi connectivity index (χ0n) is 18.9. The number of ketones is 1. The number of Topliss-reactive ketones (excluding diaryl/α,β-unsaturated/α-hetero) is 1. The van der Waals surface area contributed by atoms with Crippen molar-refractivity contribution < 1.29 is 4.79 Å². The molecule has 0 unspecified atom stereocenters. The van der Waals surface area contributed by atoms with E-state index in [9.17, 15) is 4.79 Å². The van der Waals surface area contributed by atoms with Crippen LogP contribution in [0.25, 0.3) is 22.0 Å². The first-order chi connectivity index (χ1) is 16.0. The third-order valence-electron chi connectivity index (χ3n) is 6.16. The maximum absolute atomic E-state index is 13.0. The summed E-state index contributed by atoms with van der Waals surface area (Å²) >= 11 is 0. The summed E-state index contributed by atoms with van der Waals surface area (Å²) in [5.41, 5.74) is 4.15. The summed E-state index contributed by atoms with van der Waals surface area (Å²) in [6, 6.07) is 8.02. The van der Waals surface area contributed by atoms with E-state index in [4.69, 9.17) is 0 Å². The Morgan fingerprint density at radius 3 is 2.67 bits per heavy atom. The van der Waals surface area contributed by atoms with Gasteiger partial charge in [-0.05, 0) is 57.2 Å². The standard InChI is InChI=1S/C25H27N7O/c1-31-7-4-21(5-8-31)30-25-11-17(3-6-26-25)24(33)12-22-10-18-9-19(13-28-23(18)15-27-22)20-14-29-32(2)16-20/h3,6,9-11,13-16,21H,4-5,7-8,12H2,1-2H3,(H,26,30). The minimum atomic E-state index is 0.0204. The number of carbonyl (C=O) groups is 1. The number of piperidine rings is 1. The summed E-state index contributed by atoms with van der Waals surface area (Å²) in [6.45, 7) is 2.14. The molecule has 8 heteroatoms. The van der Waals surface area contributed by atoms with Gasteiger partial charge in [0.1, 0.15) is 5.82 Å². The van der Waals surface area contributed by atoms with E-state index >= 15 is 0 Å². The topological polar surface area (TPSA) is 88.8 Å². The quantitative estimate of drug-likeness (QED) is 0.459. The van der Waals surface area contributed by atoms with Crippen LogP contribution in [0.5, 0.6) is 0 Å². The van der Waals surface area contributed by atoms with E-state index in [1.54, 1.807) is 23.1 Å². The van der Waals surface area contributed by atoms with Crippen molar-refractivity contribution in [3.05, 3.63) is 66.5 Å². The Morgan fingerprint density at radius 2 is 1.88 bits per heavy atom. The molecule has 8 nitrogen and oxygen atoms in total. The predicted octanol–water partition coefficient (Wildman–Crippen LogP) is 3.36. The van der Waals surface area contributed by atoms with Gasteiger partial charge in [-0.25, -0.2) is 4.98 Å². The number of nitrogens with zero attached hydrogens (tertiary/aromatic N) is 6. The van der Waals surface area contributed by atoms with Gasteiger partial charge in [0.2, 0.25) is 0 Å². The molecule has 0 aliphatic carbocycles. The number of nitrogens with one attached hydrogen (secondary N) is 1. The van der Waals surface area contributed by atoms with Crippen molar-refractivity contribution in [2.45, 2.75) is 25.3 Å². The molecule has 168 valence electrons. The summed E-state index contributed by atoms with van der Waals surface area (Å²) in [6.07, 6.45) is 11.4. The molecule has 4 aromatic heterocycles. The summed E-state index contributed by atoms with van der Waals surface area (Å²) in [4.78, 5) is 28.7. The highest BCUT2D eigenvalue weighted by Crippen LogP contribution is 2.23. The third-order valence-corrected chi connectivity index (χ3v) is 6.16. The van der Waals surface area contributed by atoms with Gasteiger partial charge in [-0.3, -0.25) is 19.4 Å². The first kappa shape index (κ1) is 21.2. The van der Waals surface area contributed by atoms with Gasteiger partial charge in [-0.15, -0.1) is 0 Å². The fourth-order valence-electron chi connectivity index (χ4n) is 4.21. The Hall–Kier alpha value is -3.65. The SMILES string of the molecule is CN1CCC(Nc2cc(C(=O)Cc3cc4cc(-c5cnn(C)c5)cnc4cn3)ccn2)CC1. The lowest BCUT2D eigenvalue weighted by Gasteiger charge is -2.29. The number of hydrogen-bond acceptors (Lipinski definition) is 7. The fourth-order valence-corrected chi connectivity index (χ4v) is 4.21. The van der Waals surface area contributed by atoms with Crippen molar-refractivity contribution in [1.29, 1.82) is 0 Å². The van der Waals surface area contributed by atoms with E-state index < -0.39 is 0 Å². The highest BCUT2D eigenvalue weighted by atomic mass is 16.1. The Labute approximate surface area is 192 Å². The lowest BCUT2D eigenvalue weighted by atomic mass is 10.0. The number of rotatable bonds is 6. The van der Waals surface area contributed by atoms with E-state index in [-0.39, 0.29) is 12.2 Å². The molecule has 0 amide bonds. The molecule has 5 rings (SSSR count). The summed E-state index contributed by atoms with van der Waals surface area (Å²) in [7, 11) is 4.03. The van der Waals surface area contributed by atoms with Gasteiger partial charge in [0.25, 0.3) is 0 Å². The van der Waals surface area contributed by atoms with E-state index in [0.29, 0.717) is 11.6 Å². The van der Waals surface area contributed by atoms with E-state index in [1.807, 2.05) is 37.8 Å². The molecule has 33 heavy (non-hydrogen) atoms. The normalized spacial score (nSPS) is 15.1. The van der Waals surface area contributed by atoms with Crippen molar-refractivity contribution in [3.8, 4) is 11.1 Å². The average molecular weight is 442 g/mol. The largest absolute Gasteiger partial charge is 0.367 e. The molecule has 0 saturated carbocycles. The Kier molecular flexibility index (Phi) is 5.83. The second kappa shape index (κ2) is 9.07. The molecular weight excluding hydrogens is 414 g/mol. The van der Waals surface area contributed by atoms with Crippen LogP contribution >= 0.6 is 0 Å². The van der Waals surface area contributed by atoms with Gasteiger partial charge in [0, 0.05) is 59.5 Å². The van der Waals surface area contributed by atoms with Gasteiger partial charge in [0.05, 0.1) is 24.3 Å². The van der Waals surface area contributed by atoms with Gasteiger partial charge >= 0.3 is 0 Å². The van der Waals surface area contributed by atoms with E-state index in [0.717, 1.165) is 59.5 Å². The number of pyridine rings is 3. The van der Waals surface area contributed by atoms with Crippen LogP contribution in [0, 0.1) is 0 Å². The molecule has 1 aliphatic rings. The summed E-state index contributed by atoms with van der Waals surface area (Å²) in [5, 5.41) is 8.67. The number of aromatic nitrogens is 5. The molecule has 0 radical (unpaired) electrons. The maximum Gasteiger partial charge on any atom is 0.169 e. The predicted molar refractivity (Wildman–Crippen MR) is 128 cm³/mol. The van der Waals surface area contributed by atoms with Crippen LogP contribution in [0.3, 0.4) is 0 Å². The van der Waals surface area contributed by atoms with E-state index in [2.05, 4.69) is 43.4 Å². The highest BCUT2D eigenvalue weighted by Gasteiger charge is 2.17. The number of carbonyl (C=O) groups excluding carboxylic acids is 1. The molecule has 5 heterocycles. The van der Waals surface area contributed by atoms with Crippen LogP contribution in [0.15, 0.2) is 55.2 Å². The van der Waals surface area contributed by atoms with Crippen LogP contribution in [0.1, 0.15) is 28.9 Å².